The van der Waals surface area contributed by atoms with Crippen LogP contribution in [0, 0.1) is 5.41 Å². The summed E-state index contributed by atoms with van der Waals surface area (Å²) in [5.41, 5.74) is 6.16. The van der Waals surface area contributed by atoms with E-state index in [4.69, 9.17) is 15.9 Å². The molecule has 0 bridgehead atoms. The second kappa shape index (κ2) is 6.12. The first-order valence-electron chi connectivity index (χ1n) is 5.56. The number of nitrogens with one attached hydrogen (secondary N) is 1. The number of ether oxygens (including phenoxy) is 1. The van der Waals surface area contributed by atoms with Gasteiger partial charge in [0.2, 0.25) is 0 Å². The summed E-state index contributed by atoms with van der Waals surface area (Å²) in [5, 5.41) is 7.61. The summed E-state index contributed by atoms with van der Waals surface area (Å²) in [6, 6.07) is 13.2. The molecule has 0 unspecified atom stereocenters. The summed E-state index contributed by atoms with van der Waals surface area (Å²) >= 11 is 4.98. The van der Waals surface area contributed by atoms with Gasteiger partial charge in [0.15, 0.2) is 0 Å². The molecule has 2 rings (SSSR count). The van der Waals surface area contributed by atoms with E-state index in [0.717, 1.165) is 15.1 Å². The van der Waals surface area contributed by atoms with Crippen LogP contribution < -0.4 is 10.5 Å². The van der Waals surface area contributed by atoms with E-state index in [2.05, 4.69) is 15.9 Å². The fraction of sp³-hybridized carbons (Fsp3) is 0.0714. The molecular formula is C14H13BrN2OS. The topological polar surface area (TPSA) is 59.1 Å². The van der Waals surface area contributed by atoms with E-state index in [1.807, 2.05) is 36.6 Å². The maximum atomic E-state index is 7.61. The third kappa shape index (κ3) is 3.30. The lowest BCUT2D eigenvalue weighted by atomic mass is 10.2. The third-order valence-electron chi connectivity index (χ3n) is 2.52. The van der Waals surface area contributed by atoms with E-state index in [1.54, 1.807) is 23.9 Å². The first-order chi connectivity index (χ1) is 9.11. The molecule has 3 nitrogen and oxygen atoms in total. The zero-order valence-electron chi connectivity index (χ0n) is 10.3. The summed E-state index contributed by atoms with van der Waals surface area (Å²) in [4.78, 5) is 1.04. The van der Waals surface area contributed by atoms with Crippen LogP contribution in [0.1, 0.15) is 5.56 Å². The minimum absolute atomic E-state index is 0.0158. The first-order valence-corrected chi connectivity index (χ1v) is 7.58. The number of hydrogen-bond acceptors (Lipinski definition) is 3. The van der Waals surface area contributed by atoms with Gasteiger partial charge in [0.25, 0.3) is 0 Å². The Hall–Kier alpha value is -1.46. The minimum Gasteiger partial charge on any atom is -0.455 e. The van der Waals surface area contributed by atoms with E-state index in [9.17, 15) is 0 Å². The lowest BCUT2D eigenvalue weighted by molar-refractivity contribution is 0.470. The van der Waals surface area contributed by atoms with E-state index in [0.29, 0.717) is 11.3 Å². The second-order valence-corrected chi connectivity index (χ2v) is 5.57. The van der Waals surface area contributed by atoms with Crippen molar-refractivity contribution in [2.45, 2.75) is 4.90 Å². The van der Waals surface area contributed by atoms with Crippen LogP contribution in [0.5, 0.6) is 11.5 Å². The Morgan fingerprint density at radius 1 is 1.21 bits per heavy atom. The highest BCUT2D eigenvalue weighted by atomic mass is 79.9. The summed E-state index contributed by atoms with van der Waals surface area (Å²) in [6.07, 6.45) is 2.00. The quantitative estimate of drug-likeness (QED) is 0.498. The molecule has 0 aliphatic carbocycles. The molecule has 0 aliphatic rings. The van der Waals surface area contributed by atoms with Crippen molar-refractivity contribution in [2.24, 2.45) is 5.73 Å². The molecule has 0 saturated heterocycles. The molecule has 0 saturated carbocycles. The van der Waals surface area contributed by atoms with Gasteiger partial charge < -0.3 is 10.5 Å². The fourth-order valence-corrected chi connectivity index (χ4v) is 2.51. The lowest BCUT2D eigenvalue weighted by Crippen LogP contribution is -2.12. The van der Waals surface area contributed by atoms with Crippen molar-refractivity contribution in [3.05, 3.63) is 52.5 Å². The van der Waals surface area contributed by atoms with Gasteiger partial charge in [-0.3, -0.25) is 5.41 Å². The van der Waals surface area contributed by atoms with Gasteiger partial charge in [-0.2, -0.15) is 0 Å². The standard InChI is InChI=1S/C14H13BrN2OS/c1-19-13-5-3-2-4-12(13)18-11-7-6-9(15)8-10(11)14(16)17/h2-8H,1H3,(H3,16,17). The van der Waals surface area contributed by atoms with Gasteiger partial charge in [-0.05, 0) is 36.6 Å². The normalized spacial score (nSPS) is 10.2. The number of nitrogens with two attached hydrogens (primary N) is 1. The molecule has 2 aromatic carbocycles. The van der Waals surface area contributed by atoms with Gasteiger partial charge in [-0.1, -0.05) is 28.1 Å². The minimum atomic E-state index is -0.0158. The van der Waals surface area contributed by atoms with Crippen LogP contribution in [0.15, 0.2) is 51.8 Å². The van der Waals surface area contributed by atoms with Crippen molar-refractivity contribution in [1.82, 2.24) is 0 Å². The van der Waals surface area contributed by atoms with Crippen LogP contribution in [0.4, 0.5) is 0 Å². The number of hydrogen-bond donors (Lipinski definition) is 2. The Labute approximate surface area is 124 Å². The van der Waals surface area contributed by atoms with Crippen molar-refractivity contribution in [1.29, 1.82) is 5.41 Å². The fourth-order valence-electron chi connectivity index (χ4n) is 1.62. The summed E-state index contributed by atoms with van der Waals surface area (Å²) in [6.45, 7) is 0. The molecule has 0 amide bonds. The number of rotatable bonds is 4. The Morgan fingerprint density at radius 2 is 1.95 bits per heavy atom. The Balaban J connectivity index is 2.41. The lowest BCUT2D eigenvalue weighted by Gasteiger charge is -2.13. The van der Waals surface area contributed by atoms with Gasteiger partial charge in [0.1, 0.15) is 17.3 Å². The number of nitrogen functional groups attached to an aromatic ring is 1. The Morgan fingerprint density at radius 3 is 2.63 bits per heavy atom. The highest BCUT2D eigenvalue weighted by Crippen LogP contribution is 2.33. The van der Waals surface area contributed by atoms with Crippen molar-refractivity contribution in [2.75, 3.05) is 6.26 Å². The van der Waals surface area contributed by atoms with E-state index >= 15 is 0 Å². The number of amidine groups is 1. The number of thioether (sulfide) groups is 1. The van der Waals surface area contributed by atoms with Crippen LogP contribution >= 0.6 is 27.7 Å². The number of benzene rings is 2. The van der Waals surface area contributed by atoms with Crippen molar-refractivity contribution < 1.29 is 4.74 Å². The zero-order valence-corrected chi connectivity index (χ0v) is 12.7. The van der Waals surface area contributed by atoms with Crippen molar-refractivity contribution in [3.8, 4) is 11.5 Å². The monoisotopic (exact) mass is 336 g/mol. The van der Waals surface area contributed by atoms with Crippen molar-refractivity contribution in [3.63, 3.8) is 0 Å². The molecule has 0 fully saturated rings. The van der Waals surface area contributed by atoms with E-state index < -0.39 is 0 Å². The summed E-state index contributed by atoms with van der Waals surface area (Å²) in [5.74, 6) is 1.33. The molecule has 0 atom stereocenters. The molecule has 0 radical (unpaired) electrons. The van der Waals surface area contributed by atoms with Gasteiger partial charge in [0.05, 0.1) is 5.56 Å². The molecule has 19 heavy (non-hydrogen) atoms. The predicted octanol–water partition coefficient (Wildman–Crippen LogP) is 4.25. The van der Waals surface area contributed by atoms with Gasteiger partial charge in [-0.15, -0.1) is 11.8 Å². The second-order valence-electron chi connectivity index (χ2n) is 3.81. The zero-order chi connectivity index (χ0) is 13.8. The van der Waals surface area contributed by atoms with Gasteiger partial charge >= 0.3 is 0 Å². The van der Waals surface area contributed by atoms with Crippen LogP contribution in [0.2, 0.25) is 0 Å². The highest BCUT2D eigenvalue weighted by molar-refractivity contribution is 9.10. The van der Waals surface area contributed by atoms with E-state index in [-0.39, 0.29) is 5.84 Å². The van der Waals surface area contributed by atoms with Crippen LogP contribution in [-0.4, -0.2) is 12.1 Å². The van der Waals surface area contributed by atoms with E-state index in [1.165, 1.54) is 0 Å². The molecule has 98 valence electrons. The molecule has 3 N–H and O–H groups in total. The summed E-state index contributed by atoms with van der Waals surface area (Å²) in [7, 11) is 0. The van der Waals surface area contributed by atoms with Crippen LogP contribution in [0.3, 0.4) is 0 Å². The van der Waals surface area contributed by atoms with Crippen LogP contribution in [-0.2, 0) is 0 Å². The van der Waals surface area contributed by atoms with Gasteiger partial charge in [-0.25, -0.2) is 0 Å². The summed E-state index contributed by atoms with van der Waals surface area (Å²) < 4.78 is 6.75. The Kier molecular flexibility index (Phi) is 4.50. The predicted molar refractivity (Wildman–Crippen MR) is 83.5 cm³/mol. The molecule has 2 aromatic rings. The van der Waals surface area contributed by atoms with Crippen LogP contribution in [0.25, 0.3) is 0 Å². The maximum Gasteiger partial charge on any atom is 0.140 e. The molecule has 5 heteroatoms. The molecule has 0 heterocycles. The van der Waals surface area contributed by atoms with Crippen molar-refractivity contribution >= 4 is 33.5 Å². The Bertz CT molecular complexity index is 616. The number of para-hydroxylation sites is 1. The molecule has 0 aliphatic heterocycles. The maximum absolute atomic E-state index is 7.61. The molecular weight excluding hydrogens is 324 g/mol. The number of halogens is 1. The molecule has 0 spiro atoms. The largest absolute Gasteiger partial charge is 0.455 e. The SMILES string of the molecule is CSc1ccccc1Oc1ccc(Br)cc1C(=N)N. The van der Waals surface area contributed by atoms with Gasteiger partial charge in [0, 0.05) is 9.37 Å². The smallest absolute Gasteiger partial charge is 0.140 e. The molecule has 0 aromatic heterocycles. The highest BCUT2D eigenvalue weighted by Gasteiger charge is 2.10. The third-order valence-corrected chi connectivity index (χ3v) is 3.79. The first kappa shape index (κ1) is 14.0. The average molecular weight is 337 g/mol. The average Bonchev–Trinajstić information content (AvgIpc) is 2.41.